The van der Waals surface area contributed by atoms with E-state index in [0.717, 1.165) is 32.1 Å². The van der Waals surface area contributed by atoms with Crippen molar-refractivity contribution in [3.8, 4) is 28.7 Å². The van der Waals surface area contributed by atoms with Crippen molar-refractivity contribution < 1.29 is 67.9 Å². The topological polar surface area (TPSA) is 103 Å². The van der Waals surface area contributed by atoms with Gasteiger partial charge in [0.1, 0.15) is 13.2 Å². The van der Waals surface area contributed by atoms with Gasteiger partial charge < -0.3 is 33.6 Å². The Balaban J connectivity index is 0.00000304. The van der Waals surface area contributed by atoms with Crippen LogP contribution < -0.4 is 58.3 Å². The summed E-state index contributed by atoms with van der Waals surface area (Å²) in [5, 5.41) is 12.6. The van der Waals surface area contributed by atoms with E-state index in [4.69, 9.17) is 23.7 Å². The molecule has 184 valence electrons. The zero-order chi connectivity index (χ0) is 24.4. The Bertz CT molecular complexity index is 1180. The van der Waals surface area contributed by atoms with E-state index in [0.29, 0.717) is 53.9 Å². The van der Waals surface area contributed by atoms with Gasteiger partial charge in [0.15, 0.2) is 28.8 Å². The summed E-state index contributed by atoms with van der Waals surface area (Å²) < 4.78 is 27.6. The van der Waals surface area contributed by atoms with Gasteiger partial charge in [-0.15, -0.1) is 0 Å². The van der Waals surface area contributed by atoms with Crippen LogP contribution >= 0.6 is 0 Å². The van der Waals surface area contributed by atoms with Gasteiger partial charge in [-0.2, -0.15) is 0 Å². The van der Waals surface area contributed by atoms with E-state index in [1.54, 1.807) is 30.3 Å². The summed E-state index contributed by atoms with van der Waals surface area (Å²) in [4.78, 5) is 26.5. The maximum absolute atomic E-state index is 13.9. The number of hydrogen-bond donors (Lipinski definition) is 0. The number of allylic oxidation sites excluding steroid dienone is 1. The van der Waals surface area contributed by atoms with Gasteiger partial charge in [-0.1, -0.05) is 32.1 Å². The first-order valence-electron chi connectivity index (χ1n) is 11.9. The predicted octanol–water partition coefficient (Wildman–Crippen LogP) is 0.556. The molecule has 0 saturated heterocycles. The van der Waals surface area contributed by atoms with Crippen LogP contribution in [0.5, 0.6) is 28.7 Å². The van der Waals surface area contributed by atoms with Crippen molar-refractivity contribution in [3.63, 3.8) is 0 Å². The molecular weight excluding hydrogens is 475 g/mol. The van der Waals surface area contributed by atoms with E-state index < -0.39 is 5.97 Å². The van der Waals surface area contributed by atoms with Crippen molar-refractivity contribution in [1.29, 1.82) is 0 Å². The molecule has 0 spiro atoms. The Labute approximate surface area is 231 Å². The smallest absolute Gasteiger partial charge is 0.545 e. The van der Waals surface area contributed by atoms with E-state index in [-0.39, 0.29) is 64.8 Å². The quantitative estimate of drug-likeness (QED) is 0.307. The SMILES string of the molecule is COc1cc(/C(C(=O)[O-])=C(\CC2CCCCC2)C(=O)c2ccc3c(c2)OCCO3)cc2c1OCO2.[Na+]. The molecule has 1 aliphatic carbocycles. The summed E-state index contributed by atoms with van der Waals surface area (Å²) in [7, 11) is 1.47. The van der Waals surface area contributed by atoms with Crippen LogP contribution in [0.2, 0.25) is 0 Å². The first-order valence-corrected chi connectivity index (χ1v) is 11.9. The molecule has 0 bridgehead atoms. The Hall–Kier alpha value is -2.68. The van der Waals surface area contributed by atoms with Crippen LogP contribution in [0.3, 0.4) is 0 Å². The number of methoxy groups -OCH3 is 1. The minimum absolute atomic E-state index is 0. The first kappa shape index (κ1) is 26.4. The van der Waals surface area contributed by atoms with Crippen molar-refractivity contribution in [1.82, 2.24) is 0 Å². The third kappa shape index (κ3) is 5.36. The Morgan fingerprint density at radius 3 is 2.36 bits per heavy atom. The monoisotopic (exact) mass is 502 g/mol. The fraction of sp³-hybridized carbons (Fsp3) is 0.407. The molecule has 36 heavy (non-hydrogen) atoms. The molecule has 1 fully saturated rings. The van der Waals surface area contributed by atoms with Gasteiger partial charge >= 0.3 is 29.6 Å². The zero-order valence-electron chi connectivity index (χ0n) is 20.6. The van der Waals surface area contributed by atoms with Crippen LogP contribution in [0.4, 0.5) is 0 Å². The Morgan fingerprint density at radius 2 is 1.64 bits per heavy atom. The molecule has 0 radical (unpaired) electrons. The molecule has 3 aliphatic rings. The summed E-state index contributed by atoms with van der Waals surface area (Å²) in [5.41, 5.74) is 0.663. The van der Waals surface area contributed by atoms with E-state index in [1.165, 1.54) is 7.11 Å². The van der Waals surface area contributed by atoms with Gasteiger partial charge in [0.2, 0.25) is 12.5 Å². The number of ketones is 1. The van der Waals surface area contributed by atoms with E-state index in [1.807, 2.05) is 0 Å². The van der Waals surface area contributed by atoms with E-state index in [9.17, 15) is 14.7 Å². The van der Waals surface area contributed by atoms with Crippen LogP contribution in [0.25, 0.3) is 5.57 Å². The van der Waals surface area contributed by atoms with Gasteiger partial charge in [-0.25, -0.2) is 0 Å². The molecule has 0 amide bonds. The second-order valence-electron chi connectivity index (χ2n) is 8.95. The molecule has 2 aromatic rings. The van der Waals surface area contributed by atoms with Crippen molar-refractivity contribution in [2.24, 2.45) is 5.92 Å². The minimum atomic E-state index is -1.43. The number of fused-ring (bicyclic) bond motifs is 2. The standard InChI is InChI=1S/C27H28O8.Na/c1-31-22-13-18(14-23-26(22)35-15-34-23)24(27(29)30)19(11-16-5-3-2-4-6-16)25(28)17-7-8-20-21(12-17)33-10-9-32-20;/h7-8,12-14,16H,2-6,9-11,15H2,1H3,(H,29,30);/q;+1/p-1/b24-19-;. The number of carboxylic acids is 1. The van der Waals surface area contributed by atoms with Crippen LogP contribution in [0, 0.1) is 5.92 Å². The van der Waals surface area contributed by atoms with Crippen molar-refractivity contribution in [2.45, 2.75) is 38.5 Å². The second kappa shape index (κ2) is 11.6. The molecule has 0 aromatic heterocycles. The third-order valence-electron chi connectivity index (χ3n) is 6.75. The second-order valence-corrected chi connectivity index (χ2v) is 8.95. The van der Waals surface area contributed by atoms with Crippen LogP contribution in [0.1, 0.15) is 54.4 Å². The number of rotatable bonds is 7. The Morgan fingerprint density at radius 1 is 0.917 bits per heavy atom. The molecule has 2 aromatic carbocycles. The fourth-order valence-corrected chi connectivity index (χ4v) is 5.04. The normalized spacial score (nSPS) is 17.0. The number of ether oxygens (including phenoxy) is 5. The fourth-order valence-electron chi connectivity index (χ4n) is 5.04. The van der Waals surface area contributed by atoms with Gasteiger partial charge in [-0.3, -0.25) is 4.79 Å². The summed E-state index contributed by atoms with van der Waals surface area (Å²) in [6.45, 7) is 0.829. The van der Waals surface area contributed by atoms with Gasteiger partial charge in [0, 0.05) is 16.7 Å². The van der Waals surface area contributed by atoms with Crippen LogP contribution in [-0.4, -0.2) is 38.9 Å². The number of aliphatic carboxylic acids is 1. The van der Waals surface area contributed by atoms with Gasteiger partial charge in [0.05, 0.1) is 13.1 Å². The molecule has 2 heterocycles. The van der Waals surface area contributed by atoms with E-state index in [2.05, 4.69) is 0 Å². The van der Waals surface area contributed by atoms with Crippen molar-refractivity contribution in [2.75, 3.05) is 27.1 Å². The molecule has 0 unspecified atom stereocenters. The summed E-state index contributed by atoms with van der Waals surface area (Å²) >= 11 is 0. The zero-order valence-corrected chi connectivity index (χ0v) is 22.6. The number of carbonyl (C=O) groups is 2. The molecule has 1 saturated carbocycles. The first-order chi connectivity index (χ1) is 17.0. The van der Waals surface area contributed by atoms with Gasteiger partial charge in [-0.05, 0) is 48.2 Å². The van der Waals surface area contributed by atoms with Gasteiger partial charge in [0.25, 0.3) is 0 Å². The van der Waals surface area contributed by atoms with Crippen molar-refractivity contribution in [3.05, 3.63) is 47.0 Å². The number of hydrogen-bond acceptors (Lipinski definition) is 8. The van der Waals surface area contributed by atoms with E-state index >= 15 is 0 Å². The largest absolute Gasteiger partial charge is 1.00 e. The van der Waals surface area contributed by atoms with Crippen molar-refractivity contribution >= 4 is 17.3 Å². The summed E-state index contributed by atoms with van der Waals surface area (Å²) in [6.07, 6.45) is 5.51. The van der Waals surface area contributed by atoms with Crippen LogP contribution in [-0.2, 0) is 4.79 Å². The maximum Gasteiger partial charge on any atom is 1.00 e. The summed E-state index contributed by atoms with van der Waals surface area (Å²) in [5.74, 6) is 0.543. The molecule has 8 nitrogen and oxygen atoms in total. The molecule has 9 heteroatoms. The third-order valence-corrected chi connectivity index (χ3v) is 6.75. The average molecular weight is 502 g/mol. The molecular formula is C27H27NaO8. The summed E-state index contributed by atoms with van der Waals surface area (Å²) in [6, 6.07) is 8.06. The minimum Gasteiger partial charge on any atom is -0.545 e. The number of Topliss-reactive ketones (excluding diaryl/α,β-unsaturated/α-hetero) is 1. The number of carbonyl (C=O) groups excluding carboxylic acids is 2. The Kier molecular flexibility index (Phi) is 8.49. The number of carboxylic acid groups (broad SMARTS) is 1. The molecule has 5 rings (SSSR count). The number of benzene rings is 2. The molecule has 2 aliphatic heterocycles. The molecule has 0 N–H and O–H groups in total. The molecule has 0 atom stereocenters. The average Bonchev–Trinajstić information content (AvgIpc) is 3.36. The predicted molar refractivity (Wildman–Crippen MR) is 124 cm³/mol. The maximum atomic E-state index is 13.9. The van der Waals surface area contributed by atoms with Crippen LogP contribution in [0.15, 0.2) is 35.9 Å².